The van der Waals surface area contributed by atoms with E-state index in [0.29, 0.717) is 23.6 Å². The molecule has 2 amide bonds. The van der Waals surface area contributed by atoms with Gasteiger partial charge in [-0.1, -0.05) is 12.1 Å². The van der Waals surface area contributed by atoms with Crippen LogP contribution in [-0.2, 0) is 16.0 Å². The molecule has 2 heterocycles. The molecule has 0 radical (unpaired) electrons. The van der Waals surface area contributed by atoms with E-state index in [4.69, 9.17) is 4.52 Å². The van der Waals surface area contributed by atoms with Crippen molar-refractivity contribution in [2.24, 2.45) is 5.92 Å². The van der Waals surface area contributed by atoms with Gasteiger partial charge in [-0.25, -0.2) is 8.78 Å². The van der Waals surface area contributed by atoms with Gasteiger partial charge in [-0.3, -0.25) is 9.59 Å². The Labute approximate surface area is 142 Å². The number of hydrogen-bond donors (Lipinski definition) is 1. The second-order valence-corrected chi connectivity index (χ2v) is 5.87. The Balaban J connectivity index is 1.77. The first-order valence-electron chi connectivity index (χ1n) is 7.94. The number of halogens is 2. The number of hydrogen-bond acceptors (Lipinski definition) is 4. The molecule has 25 heavy (non-hydrogen) atoms. The molecule has 0 spiro atoms. The highest BCUT2D eigenvalue weighted by Crippen LogP contribution is 2.28. The molecule has 8 heteroatoms. The zero-order chi connectivity index (χ0) is 18.1. The van der Waals surface area contributed by atoms with Crippen molar-refractivity contribution in [1.82, 2.24) is 5.16 Å². The molecule has 3 rings (SSSR count). The molecule has 1 atom stereocenters. The number of carbonyl (C=O) groups is 2. The van der Waals surface area contributed by atoms with Gasteiger partial charge in [0.05, 0.1) is 0 Å². The van der Waals surface area contributed by atoms with E-state index in [1.807, 2.05) is 6.92 Å². The summed E-state index contributed by atoms with van der Waals surface area (Å²) in [6.45, 7) is 3.76. The van der Waals surface area contributed by atoms with Crippen LogP contribution in [0.3, 0.4) is 0 Å². The highest BCUT2D eigenvalue weighted by atomic mass is 19.1. The molecule has 1 aromatic heterocycles. The van der Waals surface area contributed by atoms with Gasteiger partial charge in [0.1, 0.15) is 28.9 Å². The molecule has 1 aliphatic rings. The number of anilines is 2. The highest BCUT2D eigenvalue weighted by Gasteiger charge is 2.38. The minimum atomic E-state index is -0.926. The van der Waals surface area contributed by atoms with Crippen molar-refractivity contribution >= 4 is 23.2 Å². The Kier molecular flexibility index (Phi) is 4.52. The zero-order valence-electron chi connectivity index (χ0n) is 13.8. The molecule has 1 saturated heterocycles. The summed E-state index contributed by atoms with van der Waals surface area (Å²) in [6, 6.07) is 2.87. The van der Waals surface area contributed by atoms with E-state index in [1.165, 1.54) is 4.90 Å². The largest absolute Gasteiger partial charge is 0.359 e. The minimum Gasteiger partial charge on any atom is -0.359 e. The molecule has 0 aliphatic carbocycles. The Morgan fingerprint density at radius 3 is 2.68 bits per heavy atom. The maximum absolute atomic E-state index is 13.4. The normalized spacial score (nSPS) is 17.2. The summed E-state index contributed by atoms with van der Waals surface area (Å²) in [5, 5.41) is 6.49. The number of aryl methyl sites for hydroxylation is 2. The van der Waals surface area contributed by atoms with Crippen LogP contribution in [0, 0.1) is 24.5 Å². The topological polar surface area (TPSA) is 75.4 Å². The van der Waals surface area contributed by atoms with Crippen LogP contribution in [-0.4, -0.2) is 23.5 Å². The number of nitrogens with zero attached hydrogens (tertiary/aromatic N) is 2. The third-order valence-corrected chi connectivity index (χ3v) is 4.18. The zero-order valence-corrected chi connectivity index (χ0v) is 13.8. The van der Waals surface area contributed by atoms with Gasteiger partial charge in [0.2, 0.25) is 11.8 Å². The summed E-state index contributed by atoms with van der Waals surface area (Å²) in [5.41, 5.74) is 1.10. The van der Waals surface area contributed by atoms with Crippen LogP contribution in [0.2, 0.25) is 0 Å². The number of amides is 2. The van der Waals surface area contributed by atoms with Crippen molar-refractivity contribution in [3.05, 3.63) is 41.3 Å². The van der Waals surface area contributed by atoms with Crippen molar-refractivity contribution in [1.29, 1.82) is 0 Å². The first-order valence-corrected chi connectivity index (χ1v) is 7.94. The summed E-state index contributed by atoms with van der Waals surface area (Å²) >= 11 is 0. The van der Waals surface area contributed by atoms with Crippen molar-refractivity contribution in [2.75, 3.05) is 16.8 Å². The summed E-state index contributed by atoms with van der Waals surface area (Å²) in [5.74, 6) is -2.92. The predicted molar refractivity (Wildman–Crippen MR) is 86.1 cm³/mol. The summed E-state index contributed by atoms with van der Waals surface area (Å²) < 4.78 is 31.8. The van der Waals surface area contributed by atoms with Crippen molar-refractivity contribution in [3.8, 4) is 0 Å². The quantitative estimate of drug-likeness (QED) is 0.861. The van der Waals surface area contributed by atoms with Crippen LogP contribution in [0.5, 0.6) is 0 Å². The average molecular weight is 349 g/mol. The monoisotopic (exact) mass is 349 g/mol. The van der Waals surface area contributed by atoms with E-state index < -0.39 is 29.4 Å². The van der Waals surface area contributed by atoms with Crippen LogP contribution in [0.25, 0.3) is 0 Å². The van der Waals surface area contributed by atoms with Crippen molar-refractivity contribution < 1.29 is 22.9 Å². The lowest BCUT2D eigenvalue weighted by molar-refractivity contribution is -0.129. The Bertz CT molecular complexity index is 814. The molecule has 1 fully saturated rings. The summed E-state index contributed by atoms with van der Waals surface area (Å²) in [7, 11) is 0. The maximum atomic E-state index is 13.4. The predicted octanol–water partition coefficient (Wildman–Crippen LogP) is 2.82. The van der Waals surface area contributed by atoms with Crippen molar-refractivity contribution in [3.63, 3.8) is 0 Å². The van der Waals surface area contributed by atoms with Crippen LogP contribution >= 0.6 is 0 Å². The van der Waals surface area contributed by atoms with E-state index in [0.717, 1.165) is 18.2 Å². The number of nitrogens with one attached hydrogen (secondary N) is 1. The lowest BCUT2D eigenvalue weighted by atomic mass is 10.1. The van der Waals surface area contributed by atoms with E-state index in [-0.39, 0.29) is 18.7 Å². The van der Waals surface area contributed by atoms with E-state index in [2.05, 4.69) is 10.5 Å². The molecule has 0 bridgehead atoms. The fourth-order valence-corrected chi connectivity index (χ4v) is 2.90. The summed E-state index contributed by atoms with van der Waals surface area (Å²) in [4.78, 5) is 26.2. The van der Waals surface area contributed by atoms with Crippen LogP contribution in [0.4, 0.5) is 20.2 Å². The standard InChI is InChI=1S/C17H17F2N3O3/c1-3-14-15(9(2)21-25-14)20-16(23)13-4-5-22(17(13)24)12-7-10(18)6-11(19)8-12/h6-8,13H,3-5H2,1-2H3,(H,20,23)/t13-/m1/s1. The number of aromatic nitrogens is 1. The number of rotatable bonds is 4. The molecular formula is C17H17F2N3O3. The smallest absolute Gasteiger partial charge is 0.239 e. The fraction of sp³-hybridized carbons (Fsp3) is 0.353. The lowest BCUT2D eigenvalue weighted by Gasteiger charge is -2.17. The first-order chi connectivity index (χ1) is 11.9. The second-order valence-electron chi connectivity index (χ2n) is 5.87. The molecule has 1 N–H and O–H groups in total. The van der Waals surface area contributed by atoms with E-state index in [9.17, 15) is 18.4 Å². The number of benzene rings is 1. The first kappa shape index (κ1) is 17.1. The van der Waals surface area contributed by atoms with E-state index >= 15 is 0 Å². The van der Waals surface area contributed by atoms with Crippen LogP contribution < -0.4 is 10.2 Å². The molecule has 132 valence electrons. The molecule has 0 saturated carbocycles. The summed E-state index contributed by atoms with van der Waals surface area (Å²) in [6.07, 6.45) is 0.804. The molecule has 1 aliphatic heterocycles. The lowest BCUT2D eigenvalue weighted by Crippen LogP contribution is -2.33. The van der Waals surface area contributed by atoms with Gasteiger partial charge in [-0.05, 0) is 25.5 Å². The fourth-order valence-electron chi connectivity index (χ4n) is 2.90. The third kappa shape index (κ3) is 3.24. The van der Waals surface area contributed by atoms with Gasteiger partial charge in [0.25, 0.3) is 0 Å². The number of carbonyl (C=O) groups excluding carboxylic acids is 2. The molecule has 2 aromatic rings. The van der Waals surface area contributed by atoms with Crippen LogP contribution in [0.15, 0.2) is 22.7 Å². The highest BCUT2D eigenvalue weighted by molar-refractivity contribution is 6.13. The molecular weight excluding hydrogens is 332 g/mol. The van der Waals surface area contributed by atoms with E-state index in [1.54, 1.807) is 6.92 Å². The Hall–Kier alpha value is -2.77. The minimum absolute atomic E-state index is 0.105. The second kappa shape index (κ2) is 6.62. The SMILES string of the molecule is CCc1onc(C)c1NC(=O)[C@H]1CCN(c2cc(F)cc(F)c2)C1=O. The molecule has 6 nitrogen and oxygen atoms in total. The van der Waals surface area contributed by atoms with Gasteiger partial charge in [-0.2, -0.15) is 0 Å². The average Bonchev–Trinajstić information content (AvgIpc) is 3.10. The Morgan fingerprint density at radius 1 is 1.36 bits per heavy atom. The van der Waals surface area contributed by atoms with Gasteiger partial charge in [0.15, 0.2) is 5.76 Å². The van der Waals surface area contributed by atoms with Crippen LogP contribution in [0.1, 0.15) is 24.8 Å². The third-order valence-electron chi connectivity index (χ3n) is 4.18. The van der Waals surface area contributed by atoms with Gasteiger partial charge in [-0.15, -0.1) is 0 Å². The molecule has 1 aromatic carbocycles. The van der Waals surface area contributed by atoms with Gasteiger partial charge < -0.3 is 14.7 Å². The van der Waals surface area contributed by atoms with Gasteiger partial charge in [0, 0.05) is 24.7 Å². The van der Waals surface area contributed by atoms with Crippen molar-refractivity contribution in [2.45, 2.75) is 26.7 Å². The maximum Gasteiger partial charge on any atom is 0.239 e. The Morgan fingerprint density at radius 2 is 2.04 bits per heavy atom. The van der Waals surface area contributed by atoms with Gasteiger partial charge >= 0.3 is 0 Å². The molecule has 0 unspecified atom stereocenters.